The number of aryl methyl sites for hydroxylation is 1. The van der Waals surface area contributed by atoms with Crippen molar-refractivity contribution in [2.24, 2.45) is 7.05 Å². The number of nitrogens with zero attached hydrogens (tertiary/aromatic N) is 1. The molecule has 0 saturated heterocycles. The Balaban J connectivity index is 2.80. The standard InChI is InChI=1S/C11H16N2O3/c1-4-8(11(15)16)12-10(14)9-6-5-7(2)13(9)3/h5-6,8H,4H2,1-3H3,(H,12,14)(H,15,16). The minimum Gasteiger partial charge on any atom is -0.480 e. The molecule has 1 amide bonds. The zero-order valence-corrected chi connectivity index (χ0v) is 9.65. The van der Waals surface area contributed by atoms with Gasteiger partial charge in [-0.3, -0.25) is 4.79 Å². The van der Waals surface area contributed by atoms with Gasteiger partial charge < -0.3 is 15.0 Å². The van der Waals surface area contributed by atoms with Gasteiger partial charge in [0.1, 0.15) is 11.7 Å². The van der Waals surface area contributed by atoms with Crippen LogP contribution in [0.2, 0.25) is 0 Å². The molecule has 0 bridgehead atoms. The lowest BCUT2D eigenvalue weighted by Gasteiger charge is -2.12. The molecule has 0 radical (unpaired) electrons. The maximum Gasteiger partial charge on any atom is 0.326 e. The Labute approximate surface area is 94.1 Å². The molecule has 0 aliphatic carbocycles. The van der Waals surface area contributed by atoms with E-state index in [2.05, 4.69) is 5.32 Å². The molecule has 1 atom stereocenters. The van der Waals surface area contributed by atoms with Crippen molar-refractivity contribution in [3.05, 3.63) is 23.5 Å². The van der Waals surface area contributed by atoms with Crippen LogP contribution in [-0.4, -0.2) is 27.6 Å². The van der Waals surface area contributed by atoms with Gasteiger partial charge in [-0.1, -0.05) is 6.92 Å². The van der Waals surface area contributed by atoms with Crippen LogP contribution >= 0.6 is 0 Å². The highest BCUT2D eigenvalue weighted by molar-refractivity contribution is 5.95. The van der Waals surface area contributed by atoms with Gasteiger partial charge in [-0.15, -0.1) is 0 Å². The van der Waals surface area contributed by atoms with Gasteiger partial charge in [0, 0.05) is 12.7 Å². The average molecular weight is 224 g/mol. The van der Waals surface area contributed by atoms with E-state index in [1.807, 2.05) is 13.0 Å². The predicted octanol–water partition coefficient (Wildman–Crippen LogP) is 0.927. The number of carboxylic acids is 1. The Bertz CT molecular complexity index is 409. The molecule has 5 nitrogen and oxygen atoms in total. The lowest BCUT2D eigenvalue weighted by molar-refractivity contribution is -0.139. The number of aliphatic carboxylic acids is 1. The second-order valence-electron chi connectivity index (χ2n) is 3.69. The maximum absolute atomic E-state index is 11.8. The summed E-state index contributed by atoms with van der Waals surface area (Å²) in [6, 6.07) is 2.67. The van der Waals surface area contributed by atoms with Crippen LogP contribution in [0.25, 0.3) is 0 Å². The first kappa shape index (κ1) is 12.3. The predicted molar refractivity (Wildman–Crippen MR) is 59.3 cm³/mol. The number of rotatable bonds is 4. The maximum atomic E-state index is 11.8. The van der Waals surface area contributed by atoms with Gasteiger partial charge in [0.25, 0.3) is 5.91 Å². The highest BCUT2D eigenvalue weighted by atomic mass is 16.4. The molecule has 5 heteroatoms. The van der Waals surface area contributed by atoms with E-state index in [-0.39, 0.29) is 5.91 Å². The lowest BCUT2D eigenvalue weighted by Crippen LogP contribution is -2.40. The fourth-order valence-electron chi connectivity index (χ4n) is 1.41. The number of carboxylic acid groups (broad SMARTS) is 1. The molecule has 1 aromatic rings. The summed E-state index contributed by atoms with van der Waals surface area (Å²) < 4.78 is 1.73. The van der Waals surface area contributed by atoms with Crippen molar-refractivity contribution in [2.75, 3.05) is 0 Å². The summed E-state index contributed by atoms with van der Waals surface area (Å²) in [6.07, 6.45) is 0.366. The van der Waals surface area contributed by atoms with Crippen molar-refractivity contribution in [2.45, 2.75) is 26.3 Å². The molecule has 88 valence electrons. The monoisotopic (exact) mass is 224 g/mol. The Kier molecular flexibility index (Phi) is 3.71. The van der Waals surface area contributed by atoms with Crippen molar-refractivity contribution in [3.8, 4) is 0 Å². The number of carbonyl (C=O) groups excluding carboxylic acids is 1. The lowest BCUT2D eigenvalue weighted by atomic mass is 10.2. The molecule has 0 aliphatic heterocycles. The van der Waals surface area contributed by atoms with Gasteiger partial charge in [0.2, 0.25) is 0 Å². The fraction of sp³-hybridized carbons (Fsp3) is 0.455. The Morgan fingerprint density at radius 1 is 1.50 bits per heavy atom. The molecule has 0 aliphatic rings. The van der Waals surface area contributed by atoms with Crippen LogP contribution in [0.3, 0.4) is 0 Å². The molecule has 1 rings (SSSR count). The first-order valence-electron chi connectivity index (χ1n) is 5.13. The quantitative estimate of drug-likeness (QED) is 0.799. The minimum absolute atomic E-state index is 0.357. The molecule has 0 aromatic carbocycles. The molecule has 1 heterocycles. The fourth-order valence-corrected chi connectivity index (χ4v) is 1.41. The number of hydrogen-bond acceptors (Lipinski definition) is 2. The highest BCUT2D eigenvalue weighted by Crippen LogP contribution is 2.06. The zero-order chi connectivity index (χ0) is 12.3. The van der Waals surface area contributed by atoms with E-state index in [1.54, 1.807) is 24.6 Å². The van der Waals surface area contributed by atoms with Crippen LogP contribution in [0, 0.1) is 6.92 Å². The van der Waals surface area contributed by atoms with Crippen LogP contribution in [-0.2, 0) is 11.8 Å². The van der Waals surface area contributed by atoms with Crippen LogP contribution in [0.4, 0.5) is 0 Å². The Morgan fingerprint density at radius 3 is 2.50 bits per heavy atom. The normalized spacial score (nSPS) is 12.2. The highest BCUT2D eigenvalue weighted by Gasteiger charge is 2.19. The summed E-state index contributed by atoms with van der Waals surface area (Å²) >= 11 is 0. The van der Waals surface area contributed by atoms with Crippen molar-refractivity contribution in [3.63, 3.8) is 0 Å². The van der Waals surface area contributed by atoms with E-state index >= 15 is 0 Å². The number of amides is 1. The Morgan fingerprint density at radius 2 is 2.12 bits per heavy atom. The van der Waals surface area contributed by atoms with E-state index in [0.717, 1.165) is 5.69 Å². The van der Waals surface area contributed by atoms with Gasteiger partial charge in [0.15, 0.2) is 0 Å². The van der Waals surface area contributed by atoms with Crippen LogP contribution in [0.1, 0.15) is 29.5 Å². The molecule has 1 unspecified atom stereocenters. The van der Waals surface area contributed by atoms with Crippen molar-refractivity contribution in [1.29, 1.82) is 0 Å². The van der Waals surface area contributed by atoms with E-state index in [9.17, 15) is 9.59 Å². The molecule has 16 heavy (non-hydrogen) atoms. The smallest absolute Gasteiger partial charge is 0.326 e. The zero-order valence-electron chi connectivity index (χ0n) is 9.65. The molecule has 0 saturated carbocycles. The third-order valence-corrected chi connectivity index (χ3v) is 2.62. The summed E-state index contributed by atoms with van der Waals surface area (Å²) in [4.78, 5) is 22.5. The molecular weight excluding hydrogens is 208 g/mol. The molecule has 0 fully saturated rings. The number of nitrogens with one attached hydrogen (secondary N) is 1. The first-order valence-corrected chi connectivity index (χ1v) is 5.13. The van der Waals surface area contributed by atoms with Crippen LogP contribution in [0.5, 0.6) is 0 Å². The van der Waals surface area contributed by atoms with Gasteiger partial charge >= 0.3 is 5.97 Å². The van der Waals surface area contributed by atoms with Crippen LogP contribution in [0.15, 0.2) is 12.1 Å². The number of hydrogen-bond donors (Lipinski definition) is 2. The second-order valence-corrected chi connectivity index (χ2v) is 3.69. The van der Waals surface area contributed by atoms with E-state index < -0.39 is 12.0 Å². The van der Waals surface area contributed by atoms with Gasteiger partial charge in [-0.25, -0.2) is 4.79 Å². The van der Waals surface area contributed by atoms with Gasteiger partial charge in [-0.05, 0) is 25.5 Å². The summed E-state index contributed by atoms with van der Waals surface area (Å²) in [5, 5.41) is 11.3. The van der Waals surface area contributed by atoms with Crippen molar-refractivity contribution >= 4 is 11.9 Å². The third-order valence-electron chi connectivity index (χ3n) is 2.62. The van der Waals surface area contributed by atoms with Crippen LogP contribution < -0.4 is 5.32 Å². The average Bonchev–Trinajstić information content (AvgIpc) is 2.55. The van der Waals surface area contributed by atoms with Gasteiger partial charge in [-0.2, -0.15) is 0 Å². The number of aromatic nitrogens is 1. The summed E-state index contributed by atoms with van der Waals surface area (Å²) in [7, 11) is 1.77. The summed E-state index contributed by atoms with van der Waals surface area (Å²) in [6.45, 7) is 3.60. The van der Waals surface area contributed by atoms with Crippen molar-refractivity contribution in [1.82, 2.24) is 9.88 Å². The SMILES string of the molecule is CCC(NC(=O)c1ccc(C)n1C)C(=O)O. The minimum atomic E-state index is -1.01. The third kappa shape index (κ3) is 2.42. The largest absolute Gasteiger partial charge is 0.480 e. The summed E-state index contributed by atoms with van der Waals surface area (Å²) in [5.41, 5.74) is 1.42. The molecular formula is C11H16N2O3. The van der Waals surface area contributed by atoms with Crippen molar-refractivity contribution < 1.29 is 14.7 Å². The molecule has 0 spiro atoms. The molecule has 2 N–H and O–H groups in total. The number of carbonyl (C=O) groups is 2. The van der Waals surface area contributed by atoms with E-state index in [1.165, 1.54) is 0 Å². The topological polar surface area (TPSA) is 71.3 Å². The van der Waals surface area contributed by atoms with Gasteiger partial charge in [0.05, 0.1) is 0 Å². The van der Waals surface area contributed by atoms with E-state index in [4.69, 9.17) is 5.11 Å². The Hall–Kier alpha value is -1.78. The summed E-state index contributed by atoms with van der Waals surface area (Å²) in [5.74, 6) is -1.37. The second kappa shape index (κ2) is 4.83. The first-order chi connectivity index (χ1) is 7.47. The molecule has 1 aromatic heterocycles. The van der Waals surface area contributed by atoms with E-state index in [0.29, 0.717) is 12.1 Å².